The Labute approximate surface area is 169 Å². The summed E-state index contributed by atoms with van der Waals surface area (Å²) in [7, 11) is 2.68. The number of nitro benzene ring substituents is 1. The Hall–Kier alpha value is -2.84. The third-order valence-corrected chi connectivity index (χ3v) is 5.61. The van der Waals surface area contributed by atoms with Crippen LogP contribution in [0.2, 0.25) is 0 Å². The molecule has 0 aliphatic heterocycles. The van der Waals surface area contributed by atoms with Gasteiger partial charge in [0, 0.05) is 12.1 Å². The molecule has 0 saturated heterocycles. The van der Waals surface area contributed by atoms with Gasteiger partial charge in [-0.1, -0.05) is 26.7 Å². The average Bonchev–Trinajstić information content (AvgIpc) is 2.69. The second-order valence-corrected chi connectivity index (χ2v) is 7.41. The molecule has 0 spiro atoms. The molecule has 1 fully saturated rings. The van der Waals surface area contributed by atoms with E-state index in [4.69, 9.17) is 14.2 Å². The van der Waals surface area contributed by atoms with Crippen LogP contribution in [0.4, 0.5) is 5.69 Å². The standard InChI is InChI=1S/C20H28N2O7/c1-11-7-6-8-15(12(11)2)21-19(23)13(3)29-20(24)14-9-17(27-4)18(28-5)10-16(14)22(25)26/h9-13,15H,6-8H2,1-5H3,(H,21,23)/t11-,12+,13+,15-/m0/s1. The van der Waals surface area contributed by atoms with Crippen LogP contribution in [-0.4, -0.2) is 43.2 Å². The normalized spacial score (nSPS) is 22.3. The molecule has 1 aliphatic carbocycles. The van der Waals surface area contributed by atoms with E-state index >= 15 is 0 Å². The van der Waals surface area contributed by atoms with Crippen LogP contribution in [0.15, 0.2) is 12.1 Å². The van der Waals surface area contributed by atoms with Crippen molar-refractivity contribution >= 4 is 17.6 Å². The molecule has 1 aromatic rings. The number of nitrogens with zero attached hydrogens (tertiary/aromatic N) is 1. The number of hydrogen-bond donors (Lipinski definition) is 1. The van der Waals surface area contributed by atoms with Crippen LogP contribution in [0, 0.1) is 22.0 Å². The number of esters is 1. The zero-order valence-electron chi connectivity index (χ0n) is 17.4. The maximum atomic E-state index is 12.6. The Kier molecular flexibility index (Phi) is 7.41. The molecule has 1 saturated carbocycles. The molecular formula is C20H28N2O7. The fourth-order valence-electron chi connectivity index (χ4n) is 3.55. The fourth-order valence-corrected chi connectivity index (χ4v) is 3.55. The van der Waals surface area contributed by atoms with Crippen LogP contribution in [-0.2, 0) is 9.53 Å². The van der Waals surface area contributed by atoms with Crippen molar-refractivity contribution in [1.29, 1.82) is 0 Å². The van der Waals surface area contributed by atoms with Crippen molar-refractivity contribution in [3.63, 3.8) is 0 Å². The molecule has 0 heterocycles. The summed E-state index contributed by atoms with van der Waals surface area (Å²) >= 11 is 0. The number of nitro groups is 1. The topological polar surface area (TPSA) is 117 Å². The summed E-state index contributed by atoms with van der Waals surface area (Å²) in [6, 6.07) is 2.28. The monoisotopic (exact) mass is 408 g/mol. The minimum absolute atomic E-state index is 0.0165. The first-order valence-corrected chi connectivity index (χ1v) is 9.61. The van der Waals surface area contributed by atoms with E-state index in [-0.39, 0.29) is 23.1 Å². The minimum atomic E-state index is -1.10. The summed E-state index contributed by atoms with van der Waals surface area (Å²) in [4.78, 5) is 35.7. The Balaban J connectivity index is 2.14. The predicted molar refractivity (Wildman–Crippen MR) is 105 cm³/mol. The van der Waals surface area contributed by atoms with Crippen molar-refractivity contribution in [1.82, 2.24) is 5.32 Å². The van der Waals surface area contributed by atoms with Gasteiger partial charge in [-0.2, -0.15) is 0 Å². The van der Waals surface area contributed by atoms with Crippen molar-refractivity contribution in [3.05, 3.63) is 27.8 Å². The van der Waals surface area contributed by atoms with E-state index in [2.05, 4.69) is 19.2 Å². The third kappa shape index (κ3) is 5.16. The zero-order chi connectivity index (χ0) is 21.7. The van der Waals surface area contributed by atoms with E-state index in [9.17, 15) is 19.7 Å². The van der Waals surface area contributed by atoms with Gasteiger partial charge in [0.15, 0.2) is 17.6 Å². The van der Waals surface area contributed by atoms with Gasteiger partial charge in [0.1, 0.15) is 5.56 Å². The Morgan fingerprint density at radius 3 is 2.38 bits per heavy atom. The molecule has 1 aromatic carbocycles. The summed E-state index contributed by atoms with van der Waals surface area (Å²) in [5, 5.41) is 14.3. The number of nitrogens with one attached hydrogen (secondary N) is 1. The molecule has 9 nitrogen and oxygen atoms in total. The number of carbonyl (C=O) groups excluding carboxylic acids is 2. The van der Waals surface area contributed by atoms with E-state index in [1.807, 2.05) is 0 Å². The smallest absolute Gasteiger partial charge is 0.346 e. The Bertz CT molecular complexity index is 780. The lowest BCUT2D eigenvalue weighted by molar-refractivity contribution is -0.385. The van der Waals surface area contributed by atoms with Crippen LogP contribution in [0.3, 0.4) is 0 Å². The maximum absolute atomic E-state index is 12.6. The van der Waals surface area contributed by atoms with Gasteiger partial charge in [0.25, 0.3) is 11.6 Å². The SMILES string of the molecule is COc1cc(C(=O)O[C@H](C)C(=O)N[C@H]2CCC[C@H](C)[C@H]2C)c([N+](=O)[O-])cc1OC. The highest BCUT2D eigenvalue weighted by Gasteiger charge is 2.32. The molecule has 4 atom stereocenters. The molecule has 0 aromatic heterocycles. The molecule has 0 radical (unpaired) electrons. The first-order valence-electron chi connectivity index (χ1n) is 9.61. The van der Waals surface area contributed by atoms with E-state index in [1.54, 1.807) is 0 Å². The van der Waals surface area contributed by atoms with Crippen LogP contribution in [0.25, 0.3) is 0 Å². The first kappa shape index (κ1) is 22.4. The maximum Gasteiger partial charge on any atom is 0.346 e. The van der Waals surface area contributed by atoms with E-state index < -0.39 is 28.6 Å². The lowest BCUT2D eigenvalue weighted by Gasteiger charge is -2.35. The highest BCUT2D eigenvalue weighted by atomic mass is 16.6. The van der Waals surface area contributed by atoms with Crippen molar-refractivity contribution in [2.45, 2.75) is 52.2 Å². The van der Waals surface area contributed by atoms with Gasteiger partial charge in [-0.25, -0.2) is 4.79 Å². The van der Waals surface area contributed by atoms with Crippen LogP contribution in [0.5, 0.6) is 11.5 Å². The molecule has 0 bridgehead atoms. The van der Waals surface area contributed by atoms with Gasteiger partial charge < -0.3 is 19.5 Å². The van der Waals surface area contributed by atoms with E-state index in [0.717, 1.165) is 25.3 Å². The number of hydrogen-bond acceptors (Lipinski definition) is 7. The summed E-state index contributed by atoms with van der Waals surface area (Å²) in [5.74, 6) is -0.323. The van der Waals surface area contributed by atoms with Gasteiger partial charge in [0.05, 0.1) is 25.2 Å². The quantitative estimate of drug-likeness (QED) is 0.418. The minimum Gasteiger partial charge on any atom is -0.493 e. The molecular weight excluding hydrogens is 380 g/mol. The Morgan fingerprint density at radius 1 is 1.17 bits per heavy atom. The predicted octanol–water partition coefficient (Wildman–Crippen LogP) is 3.10. The highest BCUT2D eigenvalue weighted by Crippen LogP contribution is 2.35. The highest BCUT2D eigenvalue weighted by molar-refractivity contribution is 5.96. The molecule has 0 unspecified atom stereocenters. The largest absolute Gasteiger partial charge is 0.493 e. The lowest BCUT2D eigenvalue weighted by Crippen LogP contribution is -2.47. The van der Waals surface area contributed by atoms with Gasteiger partial charge in [-0.05, 0) is 25.2 Å². The van der Waals surface area contributed by atoms with Crippen molar-refractivity contribution < 1.29 is 28.7 Å². The average molecular weight is 408 g/mol. The molecule has 160 valence electrons. The van der Waals surface area contributed by atoms with Crippen molar-refractivity contribution in [3.8, 4) is 11.5 Å². The Morgan fingerprint density at radius 2 is 1.79 bits per heavy atom. The first-order chi connectivity index (χ1) is 13.7. The molecule has 1 aliphatic rings. The fraction of sp³-hybridized carbons (Fsp3) is 0.600. The molecule has 29 heavy (non-hydrogen) atoms. The molecule has 1 amide bonds. The van der Waals surface area contributed by atoms with E-state index in [0.29, 0.717) is 11.8 Å². The third-order valence-electron chi connectivity index (χ3n) is 5.61. The van der Waals surface area contributed by atoms with Crippen molar-refractivity contribution in [2.24, 2.45) is 11.8 Å². The van der Waals surface area contributed by atoms with Gasteiger partial charge in [0.2, 0.25) is 0 Å². The second-order valence-electron chi connectivity index (χ2n) is 7.41. The molecule has 1 N–H and O–H groups in total. The summed E-state index contributed by atoms with van der Waals surface area (Å²) in [5.41, 5.74) is -0.804. The summed E-state index contributed by atoms with van der Waals surface area (Å²) in [6.07, 6.45) is 1.93. The summed E-state index contributed by atoms with van der Waals surface area (Å²) < 4.78 is 15.4. The number of carbonyl (C=O) groups is 2. The number of amides is 1. The number of ether oxygens (including phenoxy) is 3. The van der Waals surface area contributed by atoms with Crippen LogP contribution < -0.4 is 14.8 Å². The second kappa shape index (κ2) is 9.58. The van der Waals surface area contributed by atoms with Gasteiger partial charge in [-0.3, -0.25) is 14.9 Å². The van der Waals surface area contributed by atoms with E-state index in [1.165, 1.54) is 27.2 Å². The summed E-state index contributed by atoms with van der Waals surface area (Å²) in [6.45, 7) is 5.69. The van der Waals surface area contributed by atoms with Gasteiger partial charge in [-0.15, -0.1) is 0 Å². The van der Waals surface area contributed by atoms with Crippen LogP contribution >= 0.6 is 0 Å². The number of methoxy groups -OCH3 is 2. The van der Waals surface area contributed by atoms with Gasteiger partial charge >= 0.3 is 5.97 Å². The van der Waals surface area contributed by atoms with Crippen LogP contribution in [0.1, 0.15) is 50.4 Å². The molecule has 9 heteroatoms. The molecule has 2 rings (SSSR count). The number of rotatable bonds is 7. The number of benzene rings is 1. The zero-order valence-corrected chi connectivity index (χ0v) is 17.4. The van der Waals surface area contributed by atoms with Crippen molar-refractivity contribution in [2.75, 3.05) is 14.2 Å². The lowest BCUT2D eigenvalue weighted by atomic mass is 9.78.